The topological polar surface area (TPSA) is 59.3 Å². The van der Waals surface area contributed by atoms with Crippen LogP contribution in [-0.4, -0.2) is 13.1 Å². The Kier molecular flexibility index (Phi) is 6.33. The molecule has 0 heterocycles. The van der Waals surface area contributed by atoms with E-state index in [1.807, 2.05) is 25.1 Å². The molecule has 29 heavy (non-hydrogen) atoms. The lowest BCUT2D eigenvalue weighted by atomic mass is 10.0. The Balaban J connectivity index is 1.90. The molecule has 0 aliphatic heterocycles. The van der Waals surface area contributed by atoms with Crippen LogP contribution in [0, 0.1) is 18.3 Å². The molecule has 144 valence electrons. The third-order valence-electron chi connectivity index (χ3n) is 4.32. The number of nitrogens with zero attached hydrogens (tertiary/aromatic N) is 1. The van der Waals surface area contributed by atoms with Crippen molar-refractivity contribution < 1.29 is 14.3 Å². The Morgan fingerprint density at radius 3 is 2.52 bits per heavy atom. The summed E-state index contributed by atoms with van der Waals surface area (Å²) < 4.78 is 10.9. The lowest BCUT2D eigenvalue weighted by Gasteiger charge is -2.11. The zero-order valence-electron chi connectivity index (χ0n) is 16.0. The number of ether oxygens (including phenoxy) is 2. The minimum Gasteiger partial charge on any atom is -0.493 e. The molecule has 0 aliphatic rings. The summed E-state index contributed by atoms with van der Waals surface area (Å²) >= 11 is 6.02. The second kappa shape index (κ2) is 9.09. The number of carbonyl (C=O) groups is 1. The fraction of sp³-hybridized carbons (Fsp3) is 0.0833. The van der Waals surface area contributed by atoms with Gasteiger partial charge in [-0.2, -0.15) is 5.26 Å². The van der Waals surface area contributed by atoms with E-state index in [0.29, 0.717) is 33.2 Å². The van der Waals surface area contributed by atoms with Crippen molar-refractivity contribution in [1.29, 1.82) is 5.26 Å². The van der Waals surface area contributed by atoms with Gasteiger partial charge in [-0.1, -0.05) is 48.0 Å². The van der Waals surface area contributed by atoms with Crippen molar-refractivity contribution in [1.82, 2.24) is 0 Å². The summed E-state index contributed by atoms with van der Waals surface area (Å²) in [6, 6.07) is 21.6. The first-order valence-corrected chi connectivity index (χ1v) is 9.23. The van der Waals surface area contributed by atoms with Crippen molar-refractivity contribution in [3.05, 3.63) is 94.0 Å². The summed E-state index contributed by atoms with van der Waals surface area (Å²) in [5, 5.41) is 10.1. The summed E-state index contributed by atoms with van der Waals surface area (Å²) in [6.07, 6.45) is 1.72. The second-order valence-corrected chi connectivity index (χ2v) is 6.73. The molecular formula is C24H18ClNO3. The van der Waals surface area contributed by atoms with E-state index in [2.05, 4.69) is 6.07 Å². The summed E-state index contributed by atoms with van der Waals surface area (Å²) in [4.78, 5) is 12.5. The van der Waals surface area contributed by atoms with Crippen molar-refractivity contribution in [2.45, 2.75) is 6.92 Å². The van der Waals surface area contributed by atoms with E-state index in [-0.39, 0.29) is 0 Å². The maximum atomic E-state index is 12.5. The zero-order valence-corrected chi connectivity index (χ0v) is 16.7. The molecule has 5 heteroatoms. The fourth-order valence-electron chi connectivity index (χ4n) is 2.82. The molecular weight excluding hydrogens is 386 g/mol. The maximum absolute atomic E-state index is 12.5. The van der Waals surface area contributed by atoms with E-state index < -0.39 is 5.97 Å². The molecule has 0 aliphatic carbocycles. The fourth-order valence-corrected chi connectivity index (χ4v) is 3.01. The van der Waals surface area contributed by atoms with E-state index in [1.165, 1.54) is 7.11 Å². The molecule has 4 nitrogen and oxygen atoms in total. The predicted molar refractivity (Wildman–Crippen MR) is 114 cm³/mol. The highest BCUT2D eigenvalue weighted by Crippen LogP contribution is 2.31. The summed E-state index contributed by atoms with van der Waals surface area (Å²) in [6.45, 7) is 1.85. The monoisotopic (exact) mass is 403 g/mol. The zero-order chi connectivity index (χ0) is 20.8. The molecule has 0 spiro atoms. The van der Waals surface area contributed by atoms with Gasteiger partial charge in [-0.3, -0.25) is 0 Å². The lowest BCUT2D eigenvalue weighted by Crippen LogP contribution is -2.10. The van der Waals surface area contributed by atoms with Gasteiger partial charge in [0, 0.05) is 5.02 Å². The van der Waals surface area contributed by atoms with Crippen LogP contribution in [-0.2, 0) is 0 Å². The average Bonchev–Trinajstić information content (AvgIpc) is 2.73. The third-order valence-corrected chi connectivity index (χ3v) is 4.56. The number of carbonyl (C=O) groups excluding carboxylic acids is 1. The molecule has 0 radical (unpaired) electrons. The highest BCUT2D eigenvalue weighted by Gasteiger charge is 2.14. The van der Waals surface area contributed by atoms with Gasteiger partial charge in [-0.05, 0) is 60.0 Å². The highest BCUT2D eigenvalue weighted by atomic mass is 35.5. The summed E-state index contributed by atoms with van der Waals surface area (Å²) in [5.41, 5.74) is 3.23. The Bertz CT molecular complexity index is 1130. The van der Waals surface area contributed by atoms with E-state index >= 15 is 0 Å². The van der Waals surface area contributed by atoms with Crippen LogP contribution >= 0.6 is 11.6 Å². The van der Waals surface area contributed by atoms with Crippen LogP contribution in [0.2, 0.25) is 5.02 Å². The van der Waals surface area contributed by atoms with Crippen LogP contribution in [0.5, 0.6) is 11.5 Å². The van der Waals surface area contributed by atoms with Gasteiger partial charge in [0.05, 0.1) is 24.3 Å². The van der Waals surface area contributed by atoms with Crippen molar-refractivity contribution in [3.8, 4) is 17.6 Å². The number of nitriles is 1. The molecule has 3 aromatic carbocycles. The molecule has 0 amide bonds. The van der Waals surface area contributed by atoms with Crippen LogP contribution in [0.1, 0.15) is 27.0 Å². The predicted octanol–water partition coefficient (Wildman–Crippen LogP) is 5.94. The van der Waals surface area contributed by atoms with Crippen LogP contribution < -0.4 is 9.47 Å². The van der Waals surface area contributed by atoms with E-state index in [9.17, 15) is 10.1 Å². The number of halogens is 1. The van der Waals surface area contributed by atoms with Crippen LogP contribution in [0.15, 0.2) is 66.7 Å². The quantitative estimate of drug-likeness (QED) is 0.229. The molecule has 0 saturated carbocycles. The Labute approximate surface area is 174 Å². The van der Waals surface area contributed by atoms with E-state index in [1.54, 1.807) is 54.6 Å². The lowest BCUT2D eigenvalue weighted by molar-refractivity contribution is 0.0729. The Morgan fingerprint density at radius 2 is 1.83 bits per heavy atom. The molecule has 3 aromatic rings. The minimum atomic E-state index is -0.457. The highest BCUT2D eigenvalue weighted by molar-refractivity contribution is 6.30. The molecule has 0 aromatic heterocycles. The molecule has 3 rings (SSSR count). The van der Waals surface area contributed by atoms with Gasteiger partial charge in [0.1, 0.15) is 0 Å². The van der Waals surface area contributed by atoms with Gasteiger partial charge < -0.3 is 9.47 Å². The average molecular weight is 404 g/mol. The molecule has 0 N–H and O–H groups in total. The standard InChI is InChI=1S/C24H18ClNO3/c1-16-6-3-4-9-21(16)24(27)29-22-11-10-17(13-23(22)28-2)12-19(15-26)18-7-5-8-20(25)14-18/h3-14H,1-2H3/b19-12-. The summed E-state index contributed by atoms with van der Waals surface area (Å²) in [5.74, 6) is 0.240. The number of hydrogen-bond acceptors (Lipinski definition) is 4. The number of benzene rings is 3. The number of aryl methyl sites for hydroxylation is 1. The number of hydrogen-bond donors (Lipinski definition) is 0. The first kappa shape index (κ1) is 20.2. The smallest absolute Gasteiger partial charge is 0.343 e. The van der Waals surface area contributed by atoms with E-state index in [4.69, 9.17) is 21.1 Å². The minimum absolute atomic E-state index is 0.305. The number of rotatable bonds is 5. The number of methoxy groups -OCH3 is 1. The number of allylic oxidation sites excluding steroid dienone is 1. The van der Waals surface area contributed by atoms with Gasteiger partial charge >= 0.3 is 5.97 Å². The molecule has 0 unspecified atom stereocenters. The van der Waals surface area contributed by atoms with Gasteiger partial charge in [0.2, 0.25) is 0 Å². The van der Waals surface area contributed by atoms with E-state index in [0.717, 1.165) is 11.1 Å². The molecule has 0 bridgehead atoms. The first-order chi connectivity index (χ1) is 14.0. The first-order valence-electron chi connectivity index (χ1n) is 8.85. The molecule has 0 atom stereocenters. The van der Waals surface area contributed by atoms with Crippen LogP contribution in [0.25, 0.3) is 11.6 Å². The van der Waals surface area contributed by atoms with Gasteiger partial charge in [-0.15, -0.1) is 0 Å². The maximum Gasteiger partial charge on any atom is 0.343 e. The second-order valence-electron chi connectivity index (χ2n) is 6.29. The van der Waals surface area contributed by atoms with Crippen molar-refractivity contribution in [2.75, 3.05) is 7.11 Å². The van der Waals surface area contributed by atoms with Crippen LogP contribution in [0.4, 0.5) is 0 Å². The largest absolute Gasteiger partial charge is 0.493 e. The van der Waals surface area contributed by atoms with Crippen molar-refractivity contribution >= 4 is 29.2 Å². The molecule has 0 fully saturated rings. The van der Waals surface area contributed by atoms with Crippen molar-refractivity contribution in [2.24, 2.45) is 0 Å². The normalized spacial score (nSPS) is 10.9. The van der Waals surface area contributed by atoms with Gasteiger partial charge in [0.15, 0.2) is 11.5 Å². The number of esters is 1. The third kappa shape index (κ3) is 4.84. The van der Waals surface area contributed by atoms with Crippen LogP contribution in [0.3, 0.4) is 0 Å². The van der Waals surface area contributed by atoms with Gasteiger partial charge in [0.25, 0.3) is 0 Å². The Hall–Kier alpha value is -3.55. The SMILES string of the molecule is COc1cc(/C=C(/C#N)c2cccc(Cl)c2)ccc1OC(=O)c1ccccc1C. The Morgan fingerprint density at radius 1 is 1.03 bits per heavy atom. The van der Waals surface area contributed by atoms with Gasteiger partial charge in [-0.25, -0.2) is 4.79 Å². The summed E-state index contributed by atoms with van der Waals surface area (Å²) in [7, 11) is 1.50. The van der Waals surface area contributed by atoms with Crippen molar-refractivity contribution in [3.63, 3.8) is 0 Å². The molecule has 0 saturated heterocycles.